The van der Waals surface area contributed by atoms with Crippen LogP contribution < -0.4 is 0 Å². The summed E-state index contributed by atoms with van der Waals surface area (Å²) in [7, 11) is 0. The lowest BCUT2D eigenvalue weighted by molar-refractivity contribution is -0.0330. The van der Waals surface area contributed by atoms with E-state index < -0.39 is 5.60 Å². The standard InChI is InChI=1S/C12H17BrO2/c1-2-9-3-6-12(14,7-4-9)11-10(13)5-8-15-11/h5,8-9,14H,2-4,6-7H2,1H3. The molecule has 0 saturated heterocycles. The van der Waals surface area contributed by atoms with E-state index in [1.165, 1.54) is 6.42 Å². The van der Waals surface area contributed by atoms with Crippen LogP contribution in [0.5, 0.6) is 0 Å². The van der Waals surface area contributed by atoms with Crippen LogP contribution in [0.4, 0.5) is 0 Å². The first-order chi connectivity index (χ1) is 7.15. The highest BCUT2D eigenvalue weighted by atomic mass is 79.9. The van der Waals surface area contributed by atoms with Gasteiger partial charge in [0, 0.05) is 0 Å². The first-order valence-corrected chi connectivity index (χ1v) is 6.41. The molecule has 0 amide bonds. The van der Waals surface area contributed by atoms with Gasteiger partial charge in [-0.3, -0.25) is 0 Å². The second kappa shape index (κ2) is 4.30. The molecule has 3 heteroatoms. The van der Waals surface area contributed by atoms with Crippen LogP contribution in [0, 0.1) is 5.92 Å². The van der Waals surface area contributed by atoms with Crippen molar-refractivity contribution < 1.29 is 9.52 Å². The van der Waals surface area contributed by atoms with E-state index in [2.05, 4.69) is 22.9 Å². The third-order valence-electron chi connectivity index (χ3n) is 3.55. The summed E-state index contributed by atoms with van der Waals surface area (Å²) in [5.41, 5.74) is -0.742. The van der Waals surface area contributed by atoms with Crippen molar-refractivity contribution in [3.05, 3.63) is 22.6 Å². The van der Waals surface area contributed by atoms with E-state index in [0.29, 0.717) is 5.76 Å². The average molecular weight is 273 g/mol. The SMILES string of the molecule is CCC1CCC(O)(c2occc2Br)CC1. The van der Waals surface area contributed by atoms with Crippen LogP contribution in [0.25, 0.3) is 0 Å². The van der Waals surface area contributed by atoms with E-state index in [1.54, 1.807) is 6.26 Å². The van der Waals surface area contributed by atoms with Crippen LogP contribution in [0.15, 0.2) is 21.2 Å². The number of hydrogen-bond donors (Lipinski definition) is 1. The Morgan fingerprint density at radius 2 is 2.20 bits per heavy atom. The first kappa shape index (κ1) is 11.2. The van der Waals surface area contributed by atoms with Crippen molar-refractivity contribution in [2.45, 2.75) is 44.6 Å². The van der Waals surface area contributed by atoms with Gasteiger partial charge in [0.1, 0.15) is 11.4 Å². The molecular formula is C12H17BrO2. The Morgan fingerprint density at radius 1 is 1.53 bits per heavy atom. The third kappa shape index (κ3) is 2.13. The predicted octanol–water partition coefficient (Wildman–Crippen LogP) is 3.83. The maximum atomic E-state index is 10.5. The van der Waals surface area contributed by atoms with Crippen LogP contribution in [-0.4, -0.2) is 5.11 Å². The number of hydrogen-bond acceptors (Lipinski definition) is 2. The van der Waals surface area contributed by atoms with Gasteiger partial charge in [0.2, 0.25) is 0 Å². The lowest BCUT2D eigenvalue weighted by Gasteiger charge is -2.34. The highest BCUT2D eigenvalue weighted by Crippen LogP contribution is 2.43. The van der Waals surface area contributed by atoms with Crippen LogP contribution in [0.1, 0.15) is 44.8 Å². The Kier molecular flexibility index (Phi) is 3.21. The topological polar surface area (TPSA) is 33.4 Å². The summed E-state index contributed by atoms with van der Waals surface area (Å²) >= 11 is 3.42. The zero-order valence-corrected chi connectivity index (χ0v) is 10.6. The fourth-order valence-electron chi connectivity index (χ4n) is 2.42. The molecule has 0 atom stereocenters. The van der Waals surface area contributed by atoms with Crippen LogP contribution in [0.3, 0.4) is 0 Å². The lowest BCUT2D eigenvalue weighted by atomic mass is 9.77. The Bertz CT molecular complexity index is 324. The van der Waals surface area contributed by atoms with Gasteiger partial charge in [0.05, 0.1) is 10.7 Å². The largest absolute Gasteiger partial charge is 0.465 e. The van der Waals surface area contributed by atoms with Crippen LogP contribution in [0.2, 0.25) is 0 Å². The zero-order chi connectivity index (χ0) is 10.9. The minimum atomic E-state index is -0.742. The van der Waals surface area contributed by atoms with Gasteiger partial charge < -0.3 is 9.52 Å². The highest BCUT2D eigenvalue weighted by molar-refractivity contribution is 9.10. The summed E-state index contributed by atoms with van der Waals surface area (Å²) in [4.78, 5) is 0. The molecule has 1 aromatic heterocycles. The molecule has 0 aliphatic heterocycles. The molecule has 0 spiro atoms. The normalized spacial score (nSPS) is 31.8. The minimum Gasteiger partial charge on any atom is -0.465 e. The van der Waals surface area contributed by atoms with Gasteiger partial charge in [0.25, 0.3) is 0 Å². The fourth-order valence-corrected chi connectivity index (χ4v) is 2.99. The quantitative estimate of drug-likeness (QED) is 0.888. The third-order valence-corrected chi connectivity index (χ3v) is 4.17. The van der Waals surface area contributed by atoms with Crippen molar-refractivity contribution in [2.75, 3.05) is 0 Å². The van der Waals surface area contributed by atoms with E-state index in [4.69, 9.17) is 4.42 Å². The molecule has 15 heavy (non-hydrogen) atoms. The highest BCUT2D eigenvalue weighted by Gasteiger charge is 2.38. The summed E-state index contributed by atoms with van der Waals surface area (Å²) in [5.74, 6) is 1.48. The van der Waals surface area contributed by atoms with Crippen molar-refractivity contribution in [3.63, 3.8) is 0 Å². The van der Waals surface area contributed by atoms with E-state index >= 15 is 0 Å². The van der Waals surface area contributed by atoms with Gasteiger partial charge >= 0.3 is 0 Å². The number of rotatable bonds is 2. The molecule has 1 aliphatic carbocycles. The second-order valence-corrected chi connectivity index (χ2v) is 5.34. The average Bonchev–Trinajstić information content (AvgIpc) is 2.66. The van der Waals surface area contributed by atoms with Gasteiger partial charge in [-0.2, -0.15) is 0 Å². The minimum absolute atomic E-state index is 0.706. The van der Waals surface area contributed by atoms with E-state index in [-0.39, 0.29) is 0 Å². The molecule has 0 unspecified atom stereocenters. The Morgan fingerprint density at radius 3 is 2.67 bits per heavy atom. The van der Waals surface area contributed by atoms with E-state index in [0.717, 1.165) is 36.1 Å². The maximum Gasteiger partial charge on any atom is 0.149 e. The molecule has 2 nitrogen and oxygen atoms in total. The molecule has 84 valence electrons. The fraction of sp³-hybridized carbons (Fsp3) is 0.667. The van der Waals surface area contributed by atoms with Crippen molar-refractivity contribution in [3.8, 4) is 0 Å². The van der Waals surface area contributed by atoms with Crippen molar-refractivity contribution in [1.82, 2.24) is 0 Å². The molecule has 0 radical (unpaired) electrons. The van der Waals surface area contributed by atoms with Crippen molar-refractivity contribution in [2.24, 2.45) is 5.92 Å². The zero-order valence-electron chi connectivity index (χ0n) is 9.00. The predicted molar refractivity (Wildman–Crippen MR) is 62.6 cm³/mol. The summed E-state index contributed by atoms with van der Waals surface area (Å²) in [6, 6.07) is 1.85. The molecule has 1 heterocycles. The van der Waals surface area contributed by atoms with Gasteiger partial charge in [-0.1, -0.05) is 13.3 Å². The number of furan rings is 1. The smallest absolute Gasteiger partial charge is 0.149 e. The van der Waals surface area contributed by atoms with Crippen LogP contribution >= 0.6 is 15.9 Å². The molecular weight excluding hydrogens is 256 g/mol. The first-order valence-electron chi connectivity index (χ1n) is 5.61. The Labute approximate surface area is 98.8 Å². The van der Waals surface area contributed by atoms with Gasteiger partial charge in [0.15, 0.2) is 0 Å². The molecule has 1 aliphatic rings. The van der Waals surface area contributed by atoms with E-state index in [1.807, 2.05) is 6.07 Å². The van der Waals surface area contributed by atoms with E-state index in [9.17, 15) is 5.11 Å². The number of halogens is 1. The maximum absolute atomic E-state index is 10.5. The monoisotopic (exact) mass is 272 g/mol. The molecule has 2 rings (SSSR count). The second-order valence-electron chi connectivity index (χ2n) is 4.48. The number of aliphatic hydroxyl groups is 1. The molecule has 0 bridgehead atoms. The van der Waals surface area contributed by atoms with Crippen molar-refractivity contribution in [1.29, 1.82) is 0 Å². The van der Waals surface area contributed by atoms with Gasteiger partial charge in [-0.05, 0) is 53.6 Å². The summed E-state index contributed by atoms with van der Waals surface area (Å²) in [6.45, 7) is 2.22. The Balaban J connectivity index is 2.13. The molecule has 1 aromatic rings. The Hall–Kier alpha value is -0.280. The molecule has 1 saturated carbocycles. The summed E-state index contributed by atoms with van der Waals surface area (Å²) in [5, 5.41) is 10.5. The van der Waals surface area contributed by atoms with Gasteiger partial charge in [-0.25, -0.2) is 0 Å². The molecule has 1 N–H and O–H groups in total. The van der Waals surface area contributed by atoms with Gasteiger partial charge in [-0.15, -0.1) is 0 Å². The van der Waals surface area contributed by atoms with Crippen molar-refractivity contribution >= 4 is 15.9 Å². The molecule has 1 fully saturated rings. The lowest BCUT2D eigenvalue weighted by Crippen LogP contribution is -2.31. The summed E-state index contributed by atoms with van der Waals surface area (Å²) in [6.07, 6.45) is 6.67. The molecule has 0 aromatic carbocycles. The van der Waals surface area contributed by atoms with Crippen LogP contribution in [-0.2, 0) is 5.60 Å². The summed E-state index contributed by atoms with van der Waals surface area (Å²) < 4.78 is 6.27.